The number of carbonyl (C=O) groups excluding carboxylic acids is 1. The number of nitrogens with zero attached hydrogens (tertiary/aromatic N) is 1. The molecule has 1 heterocycles. The Morgan fingerprint density at radius 2 is 2.04 bits per heavy atom. The number of aryl methyl sites for hydroxylation is 1. The third kappa shape index (κ3) is 5.05. The Bertz CT molecular complexity index is 838. The van der Waals surface area contributed by atoms with Gasteiger partial charge in [0.1, 0.15) is 5.01 Å². The number of sulfonamides is 1. The first-order valence-corrected chi connectivity index (χ1v) is 9.26. The maximum Gasteiger partial charge on any atom is 0.240 e. The molecule has 1 aromatic heterocycles. The number of carbonyl (C=O) groups is 1. The number of aromatic nitrogens is 1. The third-order valence-electron chi connectivity index (χ3n) is 2.95. The topological polar surface area (TPSA) is 88.2 Å². The molecule has 0 saturated carbocycles. The molecule has 0 fully saturated rings. The first-order chi connectivity index (χ1) is 11.3. The molecule has 0 unspecified atom stereocenters. The highest BCUT2D eigenvalue weighted by atomic mass is 32.2. The normalized spacial score (nSPS) is 11.5. The van der Waals surface area contributed by atoms with Gasteiger partial charge in [0.2, 0.25) is 15.9 Å². The average molecular weight is 375 g/mol. The highest BCUT2D eigenvalue weighted by Crippen LogP contribution is 2.13. The van der Waals surface area contributed by atoms with E-state index in [0.29, 0.717) is 6.07 Å². The molecular formula is C14H15F2N3O3S2. The van der Waals surface area contributed by atoms with Crippen LogP contribution in [-0.4, -0.2) is 25.9 Å². The van der Waals surface area contributed by atoms with Gasteiger partial charge in [-0.25, -0.2) is 26.9 Å². The van der Waals surface area contributed by atoms with Crippen molar-refractivity contribution in [2.45, 2.75) is 24.8 Å². The van der Waals surface area contributed by atoms with Crippen molar-refractivity contribution in [2.24, 2.45) is 0 Å². The zero-order valence-corrected chi connectivity index (χ0v) is 14.3. The first-order valence-electron chi connectivity index (χ1n) is 6.90. The van der Waals surface area contributed by atoms with Gasteiger partial charge in [-0.3, -0.25) is 4.79 Å². The lowest BCUT2D eigenvalue weighted by molar-refractivity contribution is -0.121. The van der Waals surface area contributed by atoms with Crippen LogP contribution >= 0.6 is 11.3 Å². The molecule has 0 aliphatic carbocycles. The van der Waals surface area contributed by atoms with Gasteiger partial charge in [0, 0.05) is 24.0 Å². The monoisotopic (exact) mass is 375 g/mol. The van der Waals surface area contributed by atoms with E-state index in [-0.39, 0.29) is 25.4 Å². The van der Waals surface area contributed by atoms with Gasteiger partial charge < -0.3 is 5.32 Å². The zero-order chi connectivity index (χ0) is 17.7. The highest BCUT2D eigenvalue weighted by molar-refractivity contribution is 7.89. The summed E-state index contributed by atoms with van der Waals surface area (Å²) in [5, 5.41) is 5.23. The van der Waals surface area contributed by atoms with E-state index in [9.17, 15) is 22.0 Å². The molecule has 0 aliphatic heterocycles. The largest absolute Gasteiger partial charge is 0.350 e. The van der Waals surface area contributed by atoms with E-state index < -0.39 is 26.6 Å². The molecule has 6 nitrogen and oxygen atoms in total. The van der Waals surface area contributed by atoms with Crippen molar-refractivity contribution in [1.29, 1.82) is 0 Å². The van der Waals surface area contributed by atoms with Gasteiger partial charge >= 0.3 is 0 Å². The fourth-order valence-corrected chi connectivity index (χ4v) is 3.53. The molecule has 0 bridgehead atoms. The van der Waals surface area contributed by atoms with Crippen molar-refractivity contribution < 1.29 is 22.0 Å². The van der Waals surface area contributed by atoms with Crippen molar-refractivity contribution in [1.82, 2.24) is 15.0 Å². The van der Waals surface area contributed by atoms with Gasteiger partial charge in [-0.15, -0.1) is 11.3 Å². The Morgan fingerprint density at radius 1 is 1.29 bits per heavy atom. The number of hydrogen-bond donors (Lipinski definition) is 2. The Balaban J connectivity index is 1.81. The highest BCUT2D eigenvalue weighted by Gasteiger charge is 2.16. The number of nitrogens with one attached hydrogen (secondary N) is 2. The van der Waals surface area contributed by atoms with E-state index in [4.69, 9.17) is 0 Å². The van der Waals surface area contributed by atoms with Gasteiger partial charge in [0.05, 0.1) is 11.4 Å². The van der Waals surface area contributed by atoms with Crippen LogP contribution in [0.3, 0.4) is 0 Å². The minimum atomic E-state index is -4.01. The summed E-state index contributed by atoms with van der Waals surface area (Å²) in [6.45, 7) is 1.95. The molecule has 2 aromatic rings. The molecule has 0 saturated heterocycles. The standard InChI is InChI=1S/C14H15F2N3O3S2/c1-9-8-23-14(19-9)7-17-13(20)4-5-18-24(21,22)10-2-3-11(15)12(16)6-10/h2-3,6,8,18H,4-5,7H2,1H3,(H,17,20). The van der Waals surface area contributed by atoms with Crippen molar-refractivity contribution in [3.05, 3.63) is 45.9 Å². The quantitative estimate of drug-likeness (QED) is 0.771. The summed E-state index contributed by atoms with van der Waals surface area (Å²) in [7, 11) is -4.01. The van der Waals surface area contributed by atoms with Crippen molar-refractivity contribution in [2.75, 3.05) is 6.54 Å². The average Bonchev–Trinajstić information content (AvgIpc) is 2.93. The summed E-state index contributed by atoms with van der Waals surface area (Å²) in [6, 6.07) is 2.26. The van der Waals surface area contributed by atoms with Crippen molar-refractivity contribution in [3.8, 4) is 0 Å². The van der Waals surface area contributed by atoms with Crippen molar-refractivity contribution in [3.63, 3.8) is 0 Å². The van der Waals surface area contributed by atoms with E-state index in [2.05, 4.69) is 15.0 Å². The van der Waals surface area contributed by atoms with Crippen LogP contribution < -0.4 is 10.0 Å². The van der Waals surface area contributed by atoms with Crippen LogP contribution in [0.25, 0.3) is 0 Å². The number of amides is 1. The molecule has 1 aromatic carbocycles. The van der Waals surface area contributed by atoms with Gasteiger partial charge in [0.15, 0.2) is 11.6 Å². The van der Waals surface area contributed by atoms with Crippen LogP contribution in [0.2, 0.25) is 0 Å². The summed E-state index contributed by atoms with van der Waals surface area (Å²) >= 11 is 1.42. The lowest BCUT2D eigenvalue weighted by Crippen LogP contribution is -2.30. The van der Waals surface area contributed by atoms with Crippen LogP contribution in [0.15, 0.2) is 28.5 Å². The van der Waals surface area contributed by atoms with E-state index in [1.807, 2.05) is 12.3 Å². The molecule has 0 spiro atoms. The van der Waals surface area contributed by atoms with Crippen LogP contribution in [-0.2, 0) is 21.4 Å². The summed E-state index contributed by atoms with van der Waals surface area (Å²) < 4.78 is 51.9. The Labute approximate surface area is 142 Å². The molecule has 24 heavy (non-hydrogen) atoms. The second-order valence-corrected chi connectivity index (χ2v) is 7.59. The second kappa shape index (κ2) is 7.77. The number of rotatable bonds is 7. The molecule has 130 valence electrons. The smallest absolute Gasteiger partial charge is 0.240 e. The Morgan fingerprint density at radius 3 is 2.67 bits per heavy atom. The molecule has 0 atom stereocenters. The van der Waals surface area contributed by atoms with E-state index in [1.54, 1.807) is 0 Å². The lowest BCUT2D eigenvalue weighted by atomic mass is 10.3. The Kier molecular flexibility index (Phi) is 5.97. The van der Waals surface area contributed by atoms with Gasteiger partial charge in [0.25, 0.3) is 0 Å². The van der Waals surface area contributed by atoms with E-state index in [0.717, 1.165) is 22.8 Å². The van der Waals surface area contributed by atoms with Crippen LogP contribution in [0.5, 0.6) is 0 Å². The number of halogens is 2. The van der Waals surface area contributed by atoms with Gasteiger partial charge in [-0.1, -0.05) is 0 Å². The predicted octanol–water partition coefficient (Wildman–Crippen LogP) is 1.71. The number of hydrogen-bond acceptors (Lipinski definition) is 5. The van der Waals surface area contributed by atoms with Crippen LogP contribution in [0.1, 0.15) is 17.1 Å². The van der Waals surface area contributed by atoms with Crippen LogP contribution in [0.4, 0.5) is 8.78 Å². The first kappa shape index (κ1) is 18.4. The molecule has 0 radical (unpaired) electrons. The predicted molar refractivity (Wildman–Crippen MR) is 84.9 cm³/mol. The molecule has 2 N–H and O–H groups in total. The van der Waals surface area contributed by atoms with Gasteiger partial charge in [-0.2, -0.15) is 0 Å². The van der Waals surface area contributed by atoms with E-state index in [1.165, 1.54) is 11.3 Å². The summed E-state index contributed by atoms with van der Waals surface area (Å²) in [5.41, 5.74) is 0.864. The zero-order valence-electron chi connectivity index (χ0n) is 12.7. The fourth-order valence-electron chi connectivity index (χ4n) is 1.77. The molecule has 0 aliphatic rings. The summed E-state index contributed by atoms with van der Waals surface area (Å²) in [6.07, 6.45) is -0.0900. The molecule has 10 heteroatoms. The fraction of sp³-hybridized carbons (Fsp3) is 0.286. The summed E-state index contributed by atoms with van der Waals surface area (Å²) in [5.74, 6) is -2.74. The third-order valence-corrected chi connectivity index (χ3v) is 5.37. The number of benzene rings is 1. The second-order valence-electron chi connectivity index (χ2n) is 4.88. The van der Waals surface area contributed by atoms with Crippen LogP contribution in [0, 0.1) is 18.6 Å². The molecular weight excluding hydrogens is 360 g/mol. The van der Waals surface area contributed by atoms with Crippen molar-refractivity contribution >= 4 is 27.3 Å². The number of thiazole rings is 1. The van der Waals surface area contributed by atoms with E-state index >= 15 is 0 Å². The molecule has 1 amide bonds. The summed E-state index contributed by atoms with van der Waals surface area (Å²) in [4.78, 5) is 15.4. The minimum absolute atomic E-state index is 0.0900. The lowest BCUT2D eigenvalue weighted by Gasteiger charge is -2.07. The minimum Gasteiger partial charge on any atom is -0.350 e. The van der Waals surface area contributed by atoms with Gasteiger partial charge in [-0.05, 0) is 25.1 Å². The molecule has 2 rings (SSSR count). The maximum absolute atomic E-state index is 13.1. The Hall–Kier alpha value is -1.91. The maximum atomic E-state index is 13.1. The SMILES string of the molecule is Cc1csc(CNC(=O)CCNS(=O)(=O)c2ccc(F)c(F)c2)n1.